The number of hydrogen-bond donors (Lipinski definition) is 2. The first-order chi connectivity index (χ1) is 9.60. The van der Waals surface area contributed by atoms with Crippen molar-refractivity contribution in [3.8, 4) is 0 Å². The van der Waals surface area contributed by atoms with Gasteiger partial charge in [0.15, 0.2) is 0 Å². The molecule has 1 amide bonds. The van der Waals surface area contributed by atoms with Gasteiger partial charge < -0.3 is 11.1 Å². The van der Waals surface area contributed by atoms with E-state index in [9.17, 15) is 9.18 Å². The molecule has 20 heavy (non-hydrogen) atoms. The number of piperidine rings is 1. The minimum absolute atomic E-state index is 0.112. The molecule has 1 aromatic rings. The van der Waals surface area contributed by atoms with Gasteiger partial charge in [0.05, 0.1) is 6.54 Å². The Morgan fingerprint density at radius 3 is 3.05 bits per heavy atom. The topological polar surface area (TPSA) is 58.4 Å². The third-order valence-corrected chi connectivity index (χ3v) is 3.84. The van der Waals surface area contributed by atoms with Gasteiger partial charge in [0.1, 0.15) is 5.82 Å². The number of amides is 1. The van der Waals surface area contributed by atoms with E-state index in [0.717, 1.165) is 24.9 Å². The van der Waals surface area contributed by atoms with Crippen molar-refractivity contribution < 1.29 is 9.18 Å². The van der Waals surface area contributed by atoms with Gasteiger partial charge in [-0.2, -0.15) is 0 Å². The summed E-state index contributed by atoms with van der Waals surface area (Å²) in [5.74, 6) is -0.456. The summed E-state index contributed by atoms with van der Waals surface area (Å²) in [6.07, 6.45) is 3.31. The third kappa shape index (κ3) is 3.77. The van der Waals surface area contributed by atoms with Crippen LogP contribution in [0, 0.1) is 12.7 Å². The molecule has 1 unspecified atom stereocenters. The summed E-state index contributed by atoms with van der Waals surface area (Å²) in [5, 5.41) is 2.78. The molecule has 0 aliphatic carbocycles. The van der Waals surface area contributed by atoms with E-state index >= 15 is 0 Å². The first kappa shape index (κ1) is 14.9. The molecule has 0 saturated carbocycles. The summed E-state index contributed by atoms with van der Waals surface area (Å²) in [6, 6.07) is 4.68. The number of carbonyl (C=O) groups excluding carboxylic acids is 1. The summed E-state index contributed by atoms with van der Waals surface area (Å²) in [7, 11) is 0. The van der Waals surface area contributed by atoms with E-state index in [1.54, 1.807) is 6.07 Å². The fourth-order valence-corrected chi connectivity index (χ4v) is 2.64. The maximum Gasteiger partial charge on any atom is 0.238 e. The Kier molecular flexibility index (Phi) is 5.09. The van der Waals surface area contributed by atoms with E-state index in [0.29, 0.717) is 18.8 Å². The zero-order valence-electron chi connectivity index (χ0n) is 11.9. The van der Waals surface area contributed by atoms with E-state index in [4.69, 9.17) is 5.73 Å². The van der Waals surface area contributed by atoms with E-state index in [1.807, 2.05) is 6.92 Å². The maximum atomic E-state index is 13.2. The van der Waals surface area contributed by atoms with Crippen LogP contribution in [0.1, 0.15) is 24.8 Å². The highest BCUT2D eigenvalue weighted by Gasteiger charge is 2.23. The van der Waals surface area contributed by atoms with E-state index in [-0.39, 0.29) is 17.8 Å². The van der Waals surface area contributed by atoms with Gasteiger partial charge in [0.25, 0.3) is 0 Å². The summed E-state index contributed by atoms with van der Waals surface area (Å²) in [4.78, 5) is 14.2. The molecule has 2 rings (SSSR count). The van der Waals surface area contributed by atoms with Gasteiger partial charge in [-0.1, -0.05) is 12.5 Å². The van der Waals surface area contributed by atoms with Crippen LogP contribution in [0.2, 0.25) is 0 Å². The van der Waals surface area contributed by atoms with Crippen LogP contribution in [-0.2, 0) is 4.79 Å². The minimum Gasteiger partial charge on any atom is -0.329 e. The normalized spacial score (nSPS) is 19.9. The average molecular weight is 279 g/mol. The Hall–Kier alpha value is -1.46. The molecule has 1 aromatic carbocycles. The molecule has 4 nitrogen and oxygen atoms in total. The Morgan fingerprint density at radius 1 is 1.50 bits per heavy atom. The first-order valence-electron chi connectivity index (χ1n) is 7.10. The molecular weight excluding hydrogens is 257 g/mol. The number of hydrogen-bond acceptors (Lipinski definition) is 3. The molecule has 1 atom stereocenters. The van der Waals surface area contributed by atoms with Gasteiger partial charge in [-0.05, 0) is 44.0 Å². The number of rotatable bonds is 4. The molecule has 0 radical (unpaired) electrons. The second-order valence-corrected chi connectivity index (χ2v) is 5.36. The van der Waals surface area contributed by atoms with Crippen LogP contribution < -0.4 is 11.1 Å². The van der Waals surface area contributed by atoms with Gasteiger partial charge in [-0.15, -0.1) is 0 Å². The number of carbonyl (C=O) groups is 1. The zero-order valence-corrected chi connectivity index (χ0v) is 11.9. The lowest BCUT2D eigenvalue weighted by Crippen LogP contribution is -2.47. The minimum atomic E-state index is -0.344. The summed E-state index contributed by atoms with van der Waals surface area (Å²) in [5.41, 5.74) is 7.14. The van der Waals surface area contributed by atoms with Crippen molar-refractivity contribution in [1.82, 2.24) is 4.90 Å². The molecule has 1 fully saturated rings. The number of likely N-dealkylation sites (tertiary alicyclic amines) is 1. The number of halogens is 1. The Bertz CT molecular complexity index is 478. The molecule has 0 spiro atoms. The van der Waals surface area contributed by atoms with Gasteiger partial charge in [-0.25, -0.2) is 4.39 Å². The van der Waals surface area contributed by atoms with E-state index in [1.165, 1.54) is 18.6 Å². The molecule has 1 saturated heterocycles. The number of nitrogens with one attached hydrogen (secondary N) is 1. The van der Waals surface area contributed by atoms with Crippen LogP contribution in [0.15, 0.2) is 18.2 Å². The quantitative estimate of drug-likeness (QED) is 0.885. The van der Waals surface area contributed by atoms with E-state index < -0.39 is 0 Å². The number of aryl methyl sites for hydroxylation is 1. The molecule has 0 bridgehead atoms. The highest BCUT2D eigenvalue weighted by atomic mass is 19.1. The smallest absolute Gasteiger partial charge is 0.238 e. The second-order valence-electron chi connectivity index (χ2n) is 5.36. The summed E-state index contributed by atoms with van der Waals surface area (Å²) in [6.45, 7) is 3.64. The highest BCUT2D eigenvalue weighted by Crippen LogP contribution is 2.18. The lowest BCUT2D eigenvalue weighted by Gasteiger charge is -2.34. The monoisotopic (exact) mass is 279 g/mol. The number of nitrogens with two attached hydrogens (primary N) is 1. The second kappa shape index (κ2) is 6.81. The average Bonchev–Trinajstić information content (AvgIpc) is 2.43. The van der Waals surface area contributed by atoms with Crippen molar-refractivity contribution in [2.24, 2.45) is 5.73 Å². The lowest BCUT2D eigenvalue weighted by molar-refractivity contribution is -0.118. The van der Waals surface area contributed by atoms with Crippen LogP contribution in [0.4, 0.5) is 10.1 Å². The fraction of sp³-hybridized carbons (Fsp3) is 0.533. The Morgan fingerprint density at radius 2 is 2.30 bits per heavy atom. The molecule has 110 valence electrons. The molecule has 1 aliphatic heterocycles. The predicted molar refractivity (Wildman–Crippen MR) is 78.0 cm³/mol. The zero-order chi connectivity index (χ0) is 14.5. The van der Waals surface area contributed by atoms with Crippen LogP contribution in [0.25, 0.3) is 0 Å². The van der Waals surface area contributed by atoms with Crippen LogP contribution >= 0.6 is 0 Å². The van der Waals surface area contributed by atoms with Crippen molar-refractivity contribution in [1.29, 1.82) is 0 Å². The Balaban J connectivity index is 1.96. The Labute approximate surface area is 119 Å². The lowest BCUT2D eigenvalue weighted by atomic mass is 10.0. The van der Waals surface area contributed by atoms with Crippen LogP contribution in [0.3, 0.4) is 0 Å². The van der Waals surface area contributed by atoms with Crippen molar-refractivity contribution in [2.45, 2.75) is 32.2 Å². The first-order valence-corrected chi connectivity index (χ1v) is 7.10. The predicted octanol–water partition coefficient (Wildman–Crippen LogP) is 1.89. The maximum absolute atomic E-state index is 13.2. The van der Waals surface area contributed by atoms with Crippen molar-refractivity contribution >= 4 is 11.6 Å². The molecular formula is C15H22FN3O. The molecule has 0 aromatic heterocycles. The van der Waals surface area contributed by atoms with Crippen molar-refractivity contribution in [2.75, 3.05) is 25.0 Å². The molecule has 1 heterocycles. The van der Waals surface area contributed by atoms with Crippen molar-refractivity contribution in [3.05, 3.63) is 29.6 Å². The van der Waals surface area contributed by atoms with Gasteiger partial charge >= 0.3 is 0 Å². The van der Waals surface area contributed by atoms with Gasteiger partial charge in [0, 0.05) is 18.3 Å². The largest absolute Gasteiger partial charge is 0.329 e. The number of nitrogens with zero attached hydrogens (tertiary/aromatic N) is 1. The van der Waals surface area contributed by atoms with Crippen LogP contribution in [0.5, 0.6) is 0 Å². The SMILES string of the molecule is Cc1ccc(F)cc1NC(=O)CN1CCCCC1CN. The van der Waals surface area contributed by atoms with Crippen molar-refractivity contribution in [3.63, 3.8) is 0 Å². The number of benzene rings is 1. The summed E-state index contributed by atoms with van der Waals surface area (Å²) < 4.78 is 13.2. The standard InChI is InChI=1S/C15H22FN3O/c1-11-5-6-12(16)8-14(11)18-15(20)10-19-7-3-2-4-13(19)9-17/h5-6,8,13H,2-4,7,9-10,17H2,1H3,(H,18,20). The number of anilines is 1. The highest BCUT2D eigenvalue weighted by molar-refractivity contribution is 5.93. The molecule has 3 N–H and O–H groups in total. The molecule has 5 heteroatoms. The summed E-state index contributed by atoms with van der Waals surface area (Å²) >= 11 is 0. The van der Waals surface area contributed by atoms with Gasteiger partial charge in [0.2, 0.25) is 5.91 Å². The fourth-order valence-electron chi connectivity index (χ4n) is 2.64. The van der Waals surface area contributed by atoms with E-state index in [2.05, 4.69) is 10.2 Å². The van der Waals surface area contributed by atoms with Gasteiger partial charge in [-0.3, -0.25) is 9.69 Å². The third-order valence-electron chi connectivity index (χ3n) is 3.84. The van der Waals surface area contributed by atoms with Crippen LogP contribution in [-0.4, -0.2) is 36.5 Å². The molecule has 1 aliphatic rings.